The average Bonchev–Trinajstić information content (AvgIpc) is 2.84. The Hall–Kier alpha value is -2.19. The van der Waals surface area contributed by atoms with Crippen molar-refractivity contribution in [3.8, 4) is 0 Å². The molecule has 0 atom stereocenters. The molecule has 0 aliphatic carbocycles. The summed E-state index contributed by atoms with van der Waals surface area (Å²) in [4.78, 5) is 12.3. The summed E-state index contributed by atoms with van der Waals surface area (Å²) in [5.74, 6) is -0.108. The van der Waals surface area contributed by atoms with Gasteiger partial charge in [0.25, 0.3) is 0 Å². The van der Waals surface area contributed by atoms with E-state index in [0.29, 0.717) is 18.4 Å². The Morgan fingerprint density at radius 3 is 2.48 bits per heavy atom. The van der Waals surface area contributed by atoms with Crippen molar-refractivity contribution in [1.82, 2.24) is 19.8 Å². The molecule has 7 nitrogen and oxygen atoms in total. The zero-order chi connectivity index (χ0) is 20.2. The molecule has 0 saturated carbocycles. The van der Waals surface area contributed by atoms with Crippen molar-refractivity contribution in [1.29, 1.82) is 0 Å². The molecule has 0 radical (unpaired) electrons. The zero-order valence-electron chi connectivity index (χ0n) is 16.6. The Labute approximate surface area is 161 Å². The monoisotopic (exact) mass is 392 g/mol. The van der Waals surface area contributed by atoms with Gasteiger partial charge in [-0.3, -0.25) is 9.48 Å². The normalized spacial score (nSPS) is 11.6. The fraction of sp³-hybridized carbons (Fsp3) is 0.474. The minimum atomic E-state index is -3.59. The molecule has 27 heavy (non-hydrogen) atoms. The van der Waals surface area contributed by atoms with Crippen LogP contribution in [-0.4, -0.2) is 37.2 Å². The highest BCUT2D eigenvalue weighted by molar-refractivity contribution is 7.89. The number of sulfonamides is 1. The lowest BCUT2D eigenvalue weighted by molar-refractivity contribution is -0.121. The van der Waals surface area contributed by atoms with Gasteiger partial charge >= 0.3 is 0 Å². The fourth-order valence-corrected chi connectivity index (χ4v) is 4.33. The van der Waals surface area contributed by atoms with E-state index in [2.05, 4.69) is 15.1 Å². The van der Waals surface area contributed by atoms with Crippen molar-refractivity contribution in [2.75, 3.05) is 13.1 Å². The van der Waals surface area contributed by atoms with Gasteiger partial charge in [0.15, 0.2) is 0 Å². The number of aromatic nitrogens is 2. The van der Waals surface area contributed by atoms with Gasteiger partial charge in [-0.2, -0.15) is 5.10 Å². The van der Waals surface area contributed by atoms with E-state index in [1.165, 1.54) is 0 Å². The Bertz CT molecular complexity index is 933. The smallest absolute Gasteiger partial charge is 0.240 e. The van der Waals surface area contributed by atoms with Gasteiger partial charge in [-0.15, -0.1) is 0 Å². The Morgan fingerprint density at radius 1 is 1.15 bits per heavy atom. The summed E-state index contributed by atoms with van der Waals surface area (Å²) in [6, 6.07) is 5.31. The fourth-order valence-electron chi connectivity index (χ4n) is 2.97. The average molecular weight is 393 g/mol. The lowest BCUT2D eigenvalue weighted by Gasteiger charge is -2.11. The molecule has 2 rings (SSSR count). The van der Waals surface area contributed by atoms with Crippen LogP contribution < -0.4 is 10.0 Å². The molecule has 148 valence electrons. The summed E-state index contributed by atoms with van der Waals surface area (Å²) in [7, 11) is -1.70. The van der Waals surface area contributed by atoms with Crippen LogP contribution in [0.2, 0.25) is 0 Å². The van der Waals surface area contributed by atoms with E-state index in [4.69, 9.17) is 0 Å². The van der Waals surface area contributed by atoms with E-state index < -0.39 is 10.0 Å². The predicted molar refractivity (Wildman–Crippen MR) is 105 cm³/mol. The Morgan fingerprint density at radius 2 is 1.85 bits per heavy atom. The first-order chi connectivity index (χ1) is 12.6. The summed E-state index contributed by atoms with van der Waals surface area (Å²) < 4.78 is 29.2. The number of hydrogen-bond acceptors (Lipinski definition) is 4. The van der Waals surface area contributed by atoms with Gasteiger partial charge in [0.1, 0.15) is 0 Å². The number of benzene rings is 1. The van der Waals surface area contributed by atoms with E-state index in [1.54, 1.807) is 19.1 Å². The van der Waals surface area contributed by atoms with Crippen molar-refractivity contribution in [3.05, 3.63) is 46.3 Å². The molecule has 0 unspecified atom stereocenters. The lowest BCUT2D eigenvalue weighted by Crippen LogP contribution is -2.35. The van der Waals surface area contributed by atoms with E-state index in [0.717, 1.165) is 22.5 Å². The third-order valence-electron chi connectivity index (χ3n) is 4.63. The summed E-state index contributed by atoms with van der Waals surface area (Å²) in [6.07, 6.45) is 0.961. The van der Waals surface area contributed by atoms with Crippen molar-refractivity contribution in [2.45, 2.75) is 45.4 Å². The first-order valence-corrected chi connectivity index (χ1v) is 10.4. The van der Waals surface area contributed by atoms with Gasteiger partial charge in [0.05, 0.1) is 10.6 Å². The minimum Gasteiger partial charge on any atom is -0.355 e. The zero-order valence-corrected chi connectivity index (χ0v) is 17.4. The van der Waals surface area contributed by atoms with Crippen molar-refractivity contribution >= 4 is 15.9 Å². The number of carbonyl (C=O) groups excluding carboxylic acids is 1. The van der Waals surface area contributed by atoms with Crippen LogP contribution in [0.15, 0.2) is 23.1 Å². The number of aryl methyl sites for hydroxylation is 4. The van der Waals surface area contributed by atoms with Gasteiger partial charge in [0, 0.05) is 32.3 Å². The molecule has 1 amide bonds. The van der Waals surface area contributed by atoms with Gasteiger partial charge in [0.2, 0.25) is 15.9 Å². The maximum absolute atomic E-state index is 12.4. The molecule has 2 aromatic rings. The second-order valence-electron chi connectivity index (χ2n) is 6.79. The second kappa shape index (κ2) is 8.67. The maximum atomic E-state index is 12.4. The third kappa shape index (κ3) is 5.40. The van der Waals surface area contributed by atoms with E-state index >= 15 is 0 Å². The van der Waals surface area contributed by atoms with Crippen LogP contribution in [0.4, 0.5) is 0 Å². The first kappa shape index (κ1) is 21.1. The molecule has 0 saturated heterocycles. The number of rotatable bonds is 8. The Kier molecular flexibility index (Phi) is 6.78. The number of amides is 1. The highest BCUT2D eigenvalue weighted by Crippen LogP contribution is 2.16. The predicted octanol–water partition coefficient (Wildman–Crippen LogP) is 1.68. The molecule has 0 bridgehead atoms. The van der Waals surface area contributed by atoms with Crippen molar-refractivity contribution in [3.63, 3.8) is 0 Å². The van der Waals surface area contributed by atoms with E-state index in [-0.39, 0.29) is 23.9 Å². The summed E-state index contributed by atoms with van der Waals surface area (Å²) in [5, 5.41) is 7.10. The van der Waals surface area contributed by atoms with Crippen molar-refractivity contribution in [2.24, 2.45) is 7.05 Å². The number of hydrogen-bond donors (Lipinski definition) is 2. The Balaban J connectivity index is 1.80. The molecule has 0 fully saturated rings. The molecule has 1 heterocycles. The molecule has 0 aliphatic rings. The number of carbonyl (C=O) groups is 1. The van der Waals surface area contributed by atoms with Crippen LogP contribution in [0.1, 0.15) is 34.5 Å². The number of nitrogens with zero attached hydrogens (tertiary/aromatic N) is 2. The molecular weight excluding hydrogens is 364 g/mol. The van der Waals surface area contributed by atoms with Gasteiger partial charge in [-0.05, 0) is 56.9 Å². The van der Waals surface area contributed by atoms with Crippen LogP contribution in [0.5, 0.6) is 0 Å². The summed E-state index contributed by atoms with van der Waals surface area (Å²) in [6.45, 7) is 7.92. The standard InChI is InChI=1S/C19H28N4O3S/c1-13-6-7-14(2)18(12-13)27(25,26)21-11-10-20-19(24)9-8-17-15(3)22-23(5)16(17)4/h6-7,12,21H,8-11H2,1-5H3,(H,20,24). The van der Waals surface area contributed by atoms with Crippen LogP contribution in [-0.2, 0) is 28.3 Å². The molecular formula is C19H28N4O3S. The summed E-state index contributed by atoms with van der Waals surface area (Å²) in [5.41, 5.74) is 4.66. The van der Waals surface area contributed by atoms with Crippen LogP contribution >= 0.6 is 0 Å². The quantitative estimate of drug-likeness (QED) is 0.669. The van der Waals surface area contributed by atoms with Gasteiger partial charge < -0.3 is 5.32 Å². The minimum absolute atomic E-state index is 0.108. The molecule has 1 aromatic heterocycles. The summed E-state index contributed by atoms with van der Waals surface area (Å²) >= 11 is 0. The third-order valence-corrected chi connectivity index (χ3v) is 6.24. The maximum Gasteiger partial charge on any atom is 0.240 e. The van der Waals surface area contributed by atoms with E-state index in [1.807, 2.05) is 38.6 Å². The first-order valence-electron chi connectivity index (χ1n) is 8.94. The molecule has 0 spiro atoms. The van der Waals surface area contributed by atoms with Crippen LogP contribution in [0, 0.1) is 27.7 Å². The highest BCUT2D eigenvalue weighted by atomic mass is 32.2. The topological polar surface area (TPSA) is 93.1 Å². The lowest BCUT2D eigenvalue weighted by atomic mass is 10.1. The highest BCUT2D eigenvalue weighted by Gasteiger charge is 2.16. The van der Waals surface area contributed by atoms with Gasteiger partial charge in [-0.1, -0.05) is 12.1 Å². The SMILES string of the molecule is Cc1ccc(C)c(S(=O)(=O)NCCNC(=O)CCc2c(C)nn(C)c2C)c1. The second-order valence-corrected chi connectivity index (χ2v) is 8.53. The molecule has 8 heteroatoms. The van der Waals surface area contributed by atoms with E-state index in [9.17, 15) is 13.2 Å². The number of nitrogens with one attached hydrogen (secondary N) is 2. The van der Waals surface area contributed by atoms with Crippen molar-refractivity contribution < 1.29 is 13.2 Å². The van der Waals surface area contributed by atoms with Crippen LogP contribution in [0.25, 0.3) is 0 Å². The molecule has 1 aromatic carbocycles. The molecule has 0 aliphatic heterocycles. The molecule has 2 N–H and O–H groups in total. The largest absolute Gasteiger partial charge is 0.355 e. The van der Waals surface area contributed by atoms with Crippen LogP contribution in [0.3, 0.4) is 0 Å². The van der Waals surface area contributed by atoms with Gasteiger partial charge in [-0.25, -0.2) is 13.1 Å².